The number of esters is 1. The topological polar surface area (TPSA) is 108 Å². The van der Waals surface area contributed by atoms with Gasteiger partial charge >= 0.3 is 5.97 Å². The molecule has 154 valence electrons. The minimum atomic E-state index is -3.77. The van der Waals surface area contributed by atoms with E-state index in [1.165, 1.54) is 12.1 Å². The maximum absolute atomic E-state index is 12.6. The summed E-state index contributed by atoms with van der Waals surface area (Å²) in [5, 5.41) is 5.14. The number of nitrogens with two attached hydrogens (primary N) is 1. The van der Waals surface area contributed by atoms with E-state index in [1.54, 1.807) is 25.1 Å². The van der Waals surface area contributed by atoms with Gasteiger partial charge in [0.25, 0.3) is 0 Å². The number of benzene rings is 1. The number of primary sulfonamides is 1. The van der Waals surface area contributed by atoms with Gasteiger partial charge in [0.15, 0.2) is 6.61 Å². The molecule has 2 aromatic rings. The molecule has 2 N–H and O–H groups in total. The fourth-order valence-corrected chi connectivity index (χ4v) is 4.08. The van der Waals surface area contributed by atoms with Crippen LogP contribution < -0.4 is 5.14 Å². The zero-order chi connectivity index (χ0) is 21.2. The fourth-order valence-electron chi connectivity index (χ4n) is 3.57. The smallest absolute Gasteiger partial charge is 0.309 e. The zero-order valence-corrected chi connectivity index (χ0v) is 17.2. The zero-order valence-electron chi connectivity index (χ0n) is 16.4. The van der Waals surface area contributed by atoms with Crippen LogP contribution in [-0.2, 0) is 19.6 Å². The number of carbonyl (C=O) groups excluding carboxylic acids is 2. The van der Waals surface area contributed by atoms with E-state index in [0.29, 0.717) is 23.4 Å². The summed E-state index contributed by atoms with van der Waals surface area (Å²) in [4.78, 5) is 24.8. The monoisotopic (exact) mass is 416 g/mol. The van der Waals surface area contributed by atoms with Crippen LogP contribution in [0.4, 0.5) is 0 Å². The summed E-state index contributed by atoms with van der Waals surface area (Å²) in [5.41, 5.74) is 2.66. The van der Waals surface area contributed by atoms with Crippen molar-refractivity contribution in [1.82, 2.24) is 4.57 Å². The predicted octanol–water partition coefficient (Wildman–Crippen LogP) is 2.82. The third-order valence-electron chi connectivity index (χ3n) is 5.10. The van der Waals surface area contributed by atoms with Gasteiger partial charge in [-0.2, -0.15) is 0 Å². The first-order valence-corrected chi connectivity index (χ1v) is 10.9. The lowest BCUT2D eigenvalue weighted by Gasteiger charge is -2.16. The fraction of sp³-hybridized carbons (Fsp3) is 0.333. The molecular weight excluding hydrogens is 392 g/mol. The van der Waals surface area contributed by atoms with E-state index in [-0.39, 0.29) is 29.2 Å². The number of nitrogens with zero attached hydrogens (tertiary/aromatic N) is 1. The molecule has 1 aliphatic carbocycles. The number of sulfonamides is 1. The largest absolute Gasteiger partial charge is 0.457 e. The second kappa shape index (κ2) is 8.34. The van der Waals surface area contributed by atoms with Gasteiger partial charge in [-0.1, -0.05) is 12.2 Å². The van der Waals surface area contributed by atoms with Gasteiger partial charge in [-0.25, -0.2) is 13.6 Å². The molecule has 0 spiro atoms. The van der Waals surface area contributed by atoms with Crippen molar-refractivity contribution in [2.75, 3.05) is 6.61 Å². The van der Waals surface area contributed by atoms with Crippen molar-refractivity contribution < 1.29 is 22.7 Å². The molecule has 29 heavy (non-hydrogen) atoms. The Balaban J connectivity index is 1.75. The van der Waals surface area contributed by atoms with Crippen LogP contribution in [0.5, 0.6) is 0 Å². The number of aryl methyl sites for hydroxylation is 1. The van der Waals surface area contributed by atoms with Gasteiger partial charge in [0.05, 0.1) is 10.8 Å². The third kappa shape index (κ3) is 4.65. The molecule has 0 saturated heterocycles. The van der Waals surface area contributed by atoms with E-state index >= 15 is 0 Å². The van der Waals surface area contributed by atoms with Crippen LogP contribution in [0.1, 0.15) is 41.0 Å². The van der Waals surface area contributed by atoms with E-state index in [2.05, 4.69) is 0 Å². The highest BCUT2D eigenvalue weighted by Crippen LogP contribution is 2.23. The Kier molecular flexibility index (Phi) is 6.04. The quantitative estimate of drug-likeness (QED) is 0.442. The van der Waals surface area contributed by atoms with E-state index in [4.69, 9.17) is 9.88 Å². The Labute approximate surface area is 170 Å². The average molecular weight is 416 g/mol. The normalized spacial score (nSPS) is 16.6. The van der Waals surface area contributed by atoms with Crippen molar-refractivity contribution in [3.8, 4) is 5.69 Å². The van der Waals surface area contributed by atoms with Crippen molar-refractivity contribution in [2.45, 2.75) is 38.0 Å². The Morgan fingerprint density at radius 2 is 1.86 bits per heavy atom. The molecule has 0 unspecified atom stereocenters. The number of hydrogen-bond donors (Lipinski definition) is 1. The summed E-state index contributed by atoms with van der Waals surface area (Å²) in [5.74, 6) is -0.794. The molecular formula is C21H24N2O5S. The van der Waals surface area contributed by atoms with Gasteiger partial charge < -0.3 is 9.30 Å². The lowest BCUT2D eigenvalue weighted by Crippen LogP contribution is -2.22. The van der Waals surface area contributed by atoms with Crippen LogP contribution in [0, 0.1) is 19.8 Å². The first-order valence-electron chi connectivity index (χ1n) is 9.35. The number of ketones is 1. The minimum absolute atomic E-state index is 0.0180. The molecule has 0 aliphatic heterocycles. The van der Waals surface area contributed by atoms with Crippen LogP contribution >= 0.6 is 0 Å². The highest BCUT2D eigenvalue weighted by Gasteiger charge is 2.23. The van der Waals surface area contributed by atoms with Gasteiger partial charge in [-0.15, -0.1) is 0 Å². The first kappa shape index (κ1) is 21.0. The number of rotatable bonds is 6. The van der Waals surface area contributed by atoms with Crippen LogP contribution in [0.25, 0.3) is 5.69 Å². The molecule has 7 nitrogen and oxygen atoms in total. The number of Topliss-reactive ketones (excluding diaryl/α,β-unsaturated/α-hetero) is 1. The molecule has 1 aromatic carbocycles. The van der Waals surface area contributed by atoms with E-state index in [1.807, 2.05) is 23.6 Å². The summed E-state index contributed by atoms with van der Waals surface area (Å²) in [6.07, 6.45) is 6.24. The van der Waals surface area contributed by atoms with Crippen molar-refractivity contribution in [3.05, 3.63) is 59.4 Å². The Bertz CT molecular complexity index is 1070. The van der Waals surface area contributed by atoms with Crippen molar-refractivity contribution in [3.63, 3.8) is 0 Å². The molecule has 1 aromatic heterocycles. The lowest BCUT2D eigenvalue weighted by atomic mass is 9.95. The second-order valence-corrected chi connectivity index (χ2v) is 8.73. The average Bonchev–Trinajstić information content (AvgIpc) is 3.00. The molecule has 0 radical (unpaired) electrons. The van der Waals surface area contributed by atoms with Crippen LogP contribution in [-0.4, -0.2) is 31.3 Å². The Morgan fingerprint density at radius 1 is 1.17 bits per heavy atom. The standard InChI is InChI=1S/C21H24N2O5S/c1-14-12-19(20(24)13-28-21(25)16-6-4-3-5-7-16)15(2)23(14)17-8-10-18(11-9-17)29(22,26)27/h3-4,8-12,16H,5-7,13H2,1-2H3,(H2,22,26,27)/t16-/m1/s1. The SMILES string of the molecule is Cc1cc(C(=O)COC(=O)[C@@H]2CC=CCC2)c(C)n1-c1ccc(S(N)(=O)=O)cc1. The number of aromatic nitrogens is 1. The second-order valence-electron chi connectivity index (χ2n) is 7.17. The number of hydrogen-bond acceptors (Lipinski definition) is 5. The van der Waals surface area contributed by atoms with Gasteiger partial charge in [-0.3, -0.25) is 9.59 Å². The summed E-state index contributed by atoms with van der Waals surface area (Å²) >= 11 is 0. The lowest BCUT2D eigenvalue weighted by molar-refractivity contribution is -0.147. The highest BCUT2D eigenvalue weighted by atomic mass is 32.2. The summed E-state index contributed by atoms with van der Waals surface area (Å²) in [7, 11) is -3.77. The molecule has 1 heterocycles. The highest BCUT2D eigenvalue weighted by molar-refractivity contribution is 7.89. The molecule has 1 atom stereocenters. The van der Waals surface area contributed by atoms with Gasteiger partial charge in [0, 0.05) is 22.6 Å². The molecule has 0 fully saturated rings. The van der Waals surface area contributed by atoms with Crippen LogP contribution in [0.2, 0.25) is 0 Å². The first-order chi connectivity index (χ1) is 13.7. The van der Waals surface area contributed by atoms with Crippen molar-refractivity contribution >= 4 is 21.8 Å². The van der Waals surface area contributed by atoms with E-state index in [0.717, 1.165) is 18.5 Å². The predicted molar refractivity (Wildman–Crippen MR) is 108 cm³/mol. The Hall–Kier alpha value is -2.71. The van der Waals surface area contributed by atoms with Gasteiger partial charge in [-0.05, 0) is 63.4 Å². The molecule has 0 amide bonds. The molecule has 0 saturated carbocycles. The van der Waals surface area contributed by atoms with E-state index in [9.17, 15) is 18.0 Å². The number of carbonyl (C=O) groups is 2. The molecule has 3 rings (SSSR count). The molecule has 1 aliphatic rings. The van der Waals surface area contributed by atoms with Crippen LogP contribution in [0.15, 0.2) is 47.4 Å². The van der Waals surface area contributed by atoms with Gasteiger partial charge in [0.1, 0.15) is 0 Å². The van der Waals surface area contributed by atoms with Crippen molar-refractivity contribution in [1.29, 1.82) is 0 Å². The summed E-state index contributed by atoms with van der Waals surface area (Å²) in [6, 6.07) is 7.84. The maximum atomic E-state index is 12.6. The Morgan fingerprint density at radius 3 is 2.45 bits per heavy atom. The molecule has 0 bridgehead atoms. The summed E-state index contributed by atoms with van der Waals surface area (Å²) in [6.45, 7) is 3.34. The number of ether oxygens (including phenoxy) is 1. The van der Waals surface area contributed by atoms with Crippen LogP contribution in [0.3, 0.4) is 0 Å². The number of allylic oxidation sites excluding steroid dienone is 2. The minimum Gasteiger partial charge on any atom is -0.457 e. The van der Waals surface area contributed by atoms with Gasteiger partial charge in [0.2, 0.25) is 15.8 Å². The maximum Gasteiger partial charge on any atom is 0.309 e. The third-order valence-corrected chi connectivity index (χ3v) is 6.03. The van der Waals surface area contributed by atoms with E-state index < -0.39 is 10.0 Å². The van der Waals surface area contributed by atoms with Crippen molar-refractivity contribution in [2.24, 2.45) is 11.1 Å². The summed E-state index contributed by atoms with van der Waals surface area (Å²) < 4.78 is 30.0. The molecule has 8 heteroatoms.